The van der Waals surface area contributed by atoms with E-state index in [4.69, 9.17) is 16.6 Å². The normalized spacial score (nSPS) is 13.8. The summed E-state index contributed by atoms with van der Waals surface area (Å²) in [7, 11) is 0. The summed E-state index contributed by atoms with van der Waals surface area (Å²) in [6.07, 6.45) is 5.64. The lowest BCUT2D eigenvalue weighted by atomic mass is 10.1. The van der Waals surface area contributed by atoms with Crippen molar-refractivity contribution >= 4 is 34.2 Å². The van der Waals surface area contributed by atoms with Gasteiger partial charge in [0.15, 0.2) is 5.65 Å². The molecule has 1 aliphatic carbocycles. The molecule has 0 atom stereocenters. The molecular weight excluding hydrogens is 424 g/mol. The molecule has 1 aliphatic rings. The van der Waals surface area contributed by atoms with Gasteiger partial charge in [-0.1, -0.05) is 23.7 Å². The molecule has 164 valence electrons. The Morgan fingerprint density at radius 2 is 2.00 bits per heavy atom. The predicted octanol–water partition coefficient (Wildman–Crippen LogP) is 5.35. The number of nitrogens with zero attached hydrogens (tertiary/aromatic N) is 5. The molecule has 0 spiro atoms. The van der Waals surface area contributed by atoms with E-state index < -0.39 is 0 Å². The number of pyridine rings is 1. The number of aryl methyl sites for hydroxylation is 1. The lowest BCUT2D eigenvalue weighted by molar-refractivity contribution is 0.102. The molecule has 1 saturated carbocycles. The molecule has 8 heteroatoms. The molecule has 7 nitrogen and oxygen atoms in total. The van der Waals surface area contributed by atoms with Crippen molar-refractivity contribution in [3.8, 4) is 0 Å². The molecule has 0 radical (unpaired) electrons. The number of benzene rings is 1. The number of hydrogen-bond acceptors (Lipinski definition) is 4. The number of amides is 1. The number of hydrogen-bond donors (Lipinski definition) is 1. The number of nitrogens with one attached hydrogen (secondary N) is 1. The second kappa shape index (κ2) is 8.06. The van der Waals surface area contributed by atoms with Gasteiger partial charge >= 0.3 is 0 Å². The lowest BCUT2D eigenvalue weighted by Crippen LogP contribution is -2.14. The van der Waals surface area contributed by atoms with Crippen LogP contribution in [0.5, 0.6) is 0 Å². The molecular formula is C24H25ClN6O. The summed E-state index contributed by atoms with van der Waals surface area (Å²) in [6.45, 7) is 6.71. The first-order chi connectivity index (χ1) is 15.4. The number of halogens is 1. The van der Waals surface area contributed by atoms with Gasteiger partial charge in [0.25, 0.3) is 5.91 Å². The van der Waals surface area contributed by atoms with Crippen LogP contribution in [0.2, 0.25) is 5.02 Å². The van der Waals surface area contributed by atoms with Crippen molar-refractivity contribution < 1.29 is 4.79 Å². The summed E-state index contributed by atoms with van der Waals surface area (Å²) < 4.78 is 3.70. The molecule has 0 aliphatic heterocycles. The topological polar surface area (TPSA) is 77.6 Å². The SMILES string of the molecule is Cc1nn(C(C)C)c2nc(C3CC3)cc(C(=O)Nc3ccc(Cn4cc(Cl)cn4)cc3)c12. The molecule has 3 heterocycles. The number of rotatable bonds is 6. The molecule has 0 unspecified atom stereocenters. The van der Waals surface area contributed by atoms with Crippen LogP contribution in [-0.2, 0) is 6.54 Å². The van der Waals surface area contributed by atoms with Crippen molar-refractivity contribution in [2.45, 2.75) is 52.1 Å². The van der Waals surface area contributed by atoms with Gasteiger partial charge in [0.2, 0.25) is 0 Å². The second-order valence-electron chi connectivity index (χ2n) is 8.70. The van der Waals surface area contributed by atoms with E-state index in [1.54, 1.807) is 17.1 Å². The Bertz CT molecular complexity index is 1300. The summed E-state index contributed by atoms with van der Waals surface area (Å²) in [6, 6.07) is 9.88. The van der Waals surface area contributed by atoms with E-state index in [0.717, 1.165) is 46.5 Å². The molecule has 32 heavy (non-hydrogen) atoms. The number of aromatic nitrogens is 5. The van der Waals surface area contributed by atoms with Gasteiger partial charge in [0.05, 0.1) is 34.4 Å². The monoisotopic (exact) mass is 448 g/mol. The van der Waals surface area contributed by atoms with E-state index in [9.17, 15) is 4.79 Å². The van der Waals surface area contributed by atoms with Crippen molar-refractivity contribution in [1.29, 1.82) is 0 Å². The van der Waals surface area contributed by atoms with Gasteiger partial charge in [-0.25, -0.2) is 9.67 Å². The zero-order valence-electron chi connectivity index (χ0n) is 18.3. The quantitative estimate of drug-likeness (QED) is 0.431. The minimum atomic E-state index is -0.141. The first-order valence-corrected chi connectivity index (χ1v) is 11.2. The third-order valence-electron chi connectivity index (χ3n) is 5.74. The smallest absolute Gasteiger partial charge is 0.256 e. The molecule has 0 bridgehead atoms. The van der Waals surface area contributed by atoms with Crippen LogP contribution < -0.4 is 5.32 Å². The van der Waals surface area contributed by atoms with E-state index in [1.165, 1.54) is 0 Å². The average molecular weight is 449 g/mol. The third-order valence-corrected chi connectivity index (χ3v) is 5.94. The molecule has 4 aromatic rings. The largest absolute Gasteiger partial charge is 0.322 e. The minimum absolute atomic E-state index is 0.141. The maximum absolute atomic E-state index is 13.3. The highest BCUT2D eigenvalue weighted by atomic mass is 35.5. The molecule has 1 aromatic carbocycles. The van der Waals surface area contributed by atoms with Gasteiger partial charge in [0, 0.05) is 29.5 Å². The van der Waals surface area contributed by atoms with Gasteiger partial charge in [-0.3, -0.25) is 9.48 Å². The lowest BCUT2D eigenvalue weighted by Gasteiger charge is -2.11. The van der Waals surface area contributed by atoms with Crippen LogP contribution in [0, 0.1) is 6.92 Å². The summed E-state index contributed by atoms with van der Waals surface area (Å²) >= 11 is 5.93. The van der Waals surface area contributed by atoms with Gasteiger partial charge in [-0.2, -0.15) is 10.2 Å². The Balaban J connectivity index is 1.43. The maximum Gasteiger partial charge on any atom is 0.256 e. The van der Waals surface area contributed by atoms with Gasteiger partial charge < -0.3 is 5.32 Å². The van der Waals surface area contributed by atoms with Crippen LogP contribution in [0.1, 0.15) is 66.0 Å². The first-order valence-electron chi connectivity index (χ1n) is 10.9. The molecule has 1 N–H and O–H groups in total. The fourth-order valence-electron chi connectivity index (χ4n) is 3.96. The molecule has 5 rings (SSSR count). The number of carbonyl (C=O) groups is 1. The Kier molecular flexibility index (Phi) is 5.21. The van der Waals surface area contributed by atoms with Crippen LogP contribution in [0.3, 0.4) is 0 Å². The predicted molar refractivity (Wildman–Crippen MR) is 125 cm³/mol. The van der Waals surface area contributed by atoms with Crippen LogP contribution in [0.4, 0.5) is 5.69 Å². The van der Waals surface area contributed by atoms with E-state index in [1.807, 2.05) is 41.9 Å². The second-order valence-corrected chi connectivity index (χ2v) is 9.13. The molecule has 1 fully saturated rings. The van der Waals surface area contributed by atoms with Crippen LogP contribution >= 0.6 is 11.6 Å². The fourth-order valence-corrected chi connectivity index (χ4v) is 4.12. The number of anilines is 1. The summed E-state index contributed by atoms with van der Waals surface area (Å²) in [4.78, 5) is 18.2. The van der Waals surface area contributed by atoms with Crippen molar-refractivity contribution in [3.05, 3.63) is 70.3 Å². The zero-order chi connectivity index (χ0) is 22.4. The molecule has 1 amide bonds. The molecule has 0 saturated heterocycles. The van der Waals surface area contributed by atoms with Crippen molar-refractivity contribution in [1.82, 2.24) is 24.5 Å². The Morgan fingerprint density at radius 1 is 1.25 bits per heavy atom. The highest BCUT2D eigenvalue weighted by molar-refractivity contribution is 6.30. The number of fused-ring (bicyclic) bond motifs is 1. The first kappa shape index (κ1) is 20.7. The van der Waals surface area contributed by atoms with Crippen LogP contribution in [-0.4, -0.2) is 30.5 Å². The minimum Gasteiger partial charge on any atom is -0.322 e. The highest BCUT2D eigenvalue weighted by Gasteiger charge is 2.29. The summed E-state index contributed by atoms with van der Waals surface area (Å²) in [5.74, 6) is 0.300. The van der Waals surface area contributed by atoms with Crippen molar-refractivity contribution in [2.24, 2.45) is 0 Å². The maximum atomic E-state index is 13.3. The fraction of sp³-hybridized carbons (Fsp3) is 0.333. The number of carbonyl (C=O) groups excluding carboxylic acids is 1. The summed E-state index contributed by atoms with van der Waals surface area (Å²) in [5, 5.41) is 13.4. The van der Waals surface area contributed by atoms with Crippen molar-refractivity contribution in [3.63, 3.8) is 0 Å². The van der Waals surface area contributed by atoms with Crippen LogP contribution in [0.15, 0.2) is 42.7 Å². The Morgan fingerprint density at radius 3 is 2.62 bits per heavy atom. The van der Waals surface area contributed by atoms with E-state index in [2.05, 4.69) is 29.4 Å². The average Bonchev–Trinajstić information content (AvgIpc) is 3.46. The highest BCUT2D eigenvalue weighted by Crippen LogP contribution is 2.40. The van der Waals surface area contributed by atoms with Gasteiger partial charge in [0.1, 0.15) is 0 Å². The van der Waals surface area contributed by atoms with E-state index in [-0.39, 0.29) is 11.9 Å². The third kappa shape index (κ3) is 4.00. The van der Waals surface area contributed by atoms with Gasteiger partial charge in [-0.15, -0.1) is 0 Å². The van der Waals surface area contributed by atoms with E-state index >= 15 is 0 Å². The van der Waals surface area contributed by atoms with E-state index in [0.29, 0.717) is 23.0 Å². The zero-order valence-corrected chi connectivity index (χ0v) is 19.1. The molecule has 3 aromatic heterocycles. The van der Waals surface area contributed by atoms with Gasteiger partial charge in [-0.05, 0) is 57.4 Å². The standard InChI is InChI=1S/C24H25ClN6O/c1-14(2)31-23-22(15(3)29-31)20(10-21(28-23)17-6-7-17)24(32)27-19-8-4-16(5-9-19)12-30-13-18(25)11-26-30/h4-5,8-11,13-14,17H,6-7,12H2,1-3H3,(H,27,32). The Hall–Kier alpha value is -3.19. The summed E-state index contributed by atoms with van der Waals surface area (Å²) in [5.41, 5.74) is 5.04. The Labute approximate surface area is 191 Å². The van der Waals surface area contributed by atoms with Crippen molar-refractivity contribution in [2.75, 3.05) is 5.32 Å². The van der Waals surface area contributed by atoms with Crippen LogP contribution in [0.25, 0.3) is 11.0 Å².